The Kier molecular flexibility index (Phi) is 5.70. The fourth-order valence-corrected chi connectivity index (χ4v) is 1.55. The molecule has 0 aromatic rings. The van der Waals surface area contributed by atoms with Gasteiger partial charge in [0.15, 0.2) is 0 Å². The van der Waals surface area contributed by atoms with Gasteiger partial charge in [0, 0.05) is 11.4 Å². The van der Waals surface area contributed by atoms with Gasteiger partial charge in [0.2, 0.25) is 0 Å². The normalized spacial score (nSPS) is 18.7. The molecule has 0 rings (SSSR count). The fraction of sp³-hybridized carbons (Fsp3) is 0.778. The molecule has 0 spiro atoms. The Labute approximate surface area is 88.3 Å². The first kappa shape index (κ1) is 13.9. The zero-order chi connectivity index (χ0) is 11.4. The summed E-state index contributed by atoms with van der Waals surface area (Å²) in [7, 11) is 0. The van der Waals surface area contributed by atoms with Gasteiger partial charge < -0.3 is 14.8 Å². The molecule has 0 amide bonds. The highest BCUT2D eigenvalue weighted by atomic mass is 32.2. The summed E-state index contributed by atoms with van der Waals surface area (Å²) in [6.07, 6.45) is 0.462. The molecule has 4 nitrogen and oxygen atoms in total. The number of nitrogens with one attached hydrogen (secondary N) is 1. The molecule has 0 aliphatic rings. The molecule has 3 atom stereocenters. The van der Waals surface area contributed by atoms with Crippen LogP contribution in [0.3, 0.4) is 0 Å². The summed E-state index contributed by atoms with van der Waals surface area (Å²) >= 11 is -1.28. The van der Waals surface area contributed by atoms with E-state index in [4.69, 9.17) is 5.11 Å². The summed E-state index contributed by atoms with van der Waals surface area (Å²) in [6, 6.07) is -0.556. The van der Waals surface area contributed by atoms with Crippen LogP contribution in [0.5, 0.6) is 0 Å². The Morgan fingerprint density at radius 1 is 1.57 bits per heavy atom. The van der Waals surface area contributed by atoms with E-state index >= 15 is 0 Å². The van der Waals surface area contributed by atoms with Crippen LogP contribution in [0.1, 0.15) is 20.8 Å². The highest BCUT2D eigenvalue weighted by Crippen LogP contribution is 2.14. The zero-order valence-electron chi connectivity index (χ0n) is 8.86. The standard InChI is InChI=1S/C9H19NO3S/c1-5-7(8(12)6-11)10-14(13)9(2,3)4/h5,7-8,10-12H,1,6H2,2-4H3/t7-,8-,14?/m1/s1. The molecule has 0 radical (unpaired) electrons. The van der Waals surface area contributed by atoms with Crippen LogP contribution >= 0.6 is 0 Å². The van der Waals surface area contributed by atoms with Crippen molar-refractivity contribution >= 4 is 11.4 Å². The Morgan fingerprint density at radius 3 is 2.36 bits per heavy atom. The molecule has 0 saturated heterocycles. The number of aliphatic hydroxyl groups is 2. The van der Waals surface area contributed by atoms with E-state index in [0.717, 1.165) is 0 Å². The molecule has 14 heavy (non-hydrogen) atoms. The van der Waals surface area contributed by atoms with E-state index in [1.54, 1.807) is 0 Å². The van der Waals surface area contributed by atoms with E-state index in [0.29, 0.717) is 0 Å². The number of aliphatic hydroxyl groups excluding tert-OH is 2. The van der Waals surface area contributed by atoms with Crippen molar-refractivity contribution < 1.29 is 14.8 Å². The average Bonchev–Trinajstić information content (AvgIpc) is 2.10. The molecule has 0 aliphatic carbocycles. The Balaban J connectivity index is 4.25. The average molecular weight is 221 g/mol. The van der Waals surface area contributed by atoms with Crippen molar-refractivity contribution in [3.8, 4) is 0 Å². The minimum absolute atomic E-state index is 0.384. The second-order valence-electron chi connectivity index (χ2n) is 4.01. The first-order valence-electron chi connectivity index (χ1n) is 4.42. The minimum atomic E-state index is -1.28. The highest BCUT2D eigenvalue weighted by molar-refractivity contribution is 7.90. The molecule has 0 aliphatic heterocycles. The topological polar surface area (TPSA) is 75.5 Å². The van der Waals surface area contributed by atoms with Crippen molar-refractivity contribution in [2.24, 2.45) is 0 Å². The van der Waals surface area contributed by atoms with Gasteiger partial charge in [-0.25, -0.2) is 0 Å². The monoisotopic (exact) mass is 221 g/mol. The third-order valence-electron chi connectivity index (χ3n) is 1.65. The molecule has 0 aromatic carbocycles. The predicted octanol–water partition coefficient (Wildman–Crippen LogP) is -0.0540. The smallest absolute Gasteiger partial charge is 0.136 e. The number of rotatable bonds is 5. The van der Waals surface area contributed by atoms with Crippen LogP contribution in [0, 0.1) is 0 Å². The third-order valence-corrected chi connectivity index (χ3v) is 3.25. The summed E-state index contributed by atoms with van der Waals surface area (Å²) in [5, 5.41) is 18.0. The van der Waals surface area contributed by atoms with Crippen LogP contribution in [0.2, 0.25) is 0 Å². The molecule has 0 bridgehead atoms. The minimum Gasteiger partial charge on any atom is -0.598 e. The number of hydrogen-bond donors (Lipinski definition) is 3. The van der Waals surface area contributed by atoms with Crippen LogP contribution in [0.15, 0.2) is 12.7 Å². The van der Waals surface area contributed by atoms with Gasteiger partial charge in [-0.05, 0) is 20.8 Å². The highest BCUT2D eigenvalue weighted by Gasteiger charge is 2.30. The largest absolute Gasteiger partial charge is 0.598 e. The Morgan fingerprint density at radius 2 is 2.07 bits per heavy atom. The lowest BCUT2D eigenvalue weighted by Gasteiger charge is -2.28. The van der Waals surface area contributed by atoms with Gasteiger partial charge in [-0.2, -0.15) is 0 Å². The van der Waals surface area contributed by atoms with Crippen LogP contribution in [0.25, 0.3) is 0 Å². The molecular formula is C9H19NO3S. The van der Waals surface area contributed by atoms with Gasteiger partial charge in [-0.1, -0.05) is 6.08 Å². The Hall–Kier alpha value is -0.0700. The zero-order valence-corrected chi connectivity index (χ0v) is 9.67. The van der Waals surface area contributed by atoms with Crippen LogP contribution in [0.4, 0.5) is 0 Å². The molecule has 0 aromatic heterocycles. The van der Waals surface area contributed by atoms with Crippen molar-refractivity contribution in [1.29, 1.82) is 0 Å². The van der Waals surface area contributed by atoms with Crippen molar-refractivity contribution in [3.05, 3.63) is 12.7 Å². The summed E-state index contributed by atoms with van der Waals surface area (Å²) in [5.74, 6) is 0. The first-order valence-corrected chi connectivity index (χ1v) is 5.57. The van der Waals surface area contributed by atoms with Crippen molar-refractivity contribution in [2.75, 3.05) is 6.61 Å². The quantitative estimate of drug-likeness (QED) is 0.449. The Bertz CT molecular complexity index is 181. The van der Waals surface area contributed by atoms with Gasteiger partial charge in [0.05, 0.1) is 12.6 Å². The maximum absolute atomic E-state index is 11.6. The van der Waals surface area contributed by atoms with Crippen LogP contribution in [-0.2, 0) is 11.4 Å². The maximum Gasteiger partial charge on any atom is 0.136 e. The van der Waals surface area contributed by atoms with E-state index in [2.05, 4.69) is 11.3 Å². The molecule has 5 heteroatoms. The van der Waals surface area contributed by atoms with Crippen LogP contribution < -0.4 is 4.72 Å². The lowest BCUT2D eigenvalue weighted by molar-refractivity contribution is 0.0815. The van der Waals surface area contributed by atoms with Crippen molar-refractivity contribution in [3.63, 3.8) is 0 Å². The molecule has 0 fully saturated rings. The molecule has 1 unspecified atom stereocenters. The lowest BCUT2D eigenvalue weighted by Crippen LogP contribution is -2.49. The molecule has 84 valence electrons. The SMILES string of the molecule is C=C[C@@H](N[S+]([O-])C(C)(C)C)[C@H](O)CO. The third kappa shape index (κ3) is 4.43. The second-order valence-corrected chi connectivity index (χ2v) is 6.01. The maximum atomic E-state index is 11.6. The lowest BCUT2D eigenvalue weighted by atomic mass is 10.2. The first-order chi connectivity index (χ1) is 6.32. The van der Waals surface area contributed by atoms with E-state index in [1.807, 2.05) is 20.8 Å². The van der Waals surface area contributed by atoms with Crippen LogP contribution in [-0.4, -0.2) is 38.3 Å². The van der Waals surface area contributed by atoms with E-state index in [9.17, 15) is 9.66 Å². The fourth-order valence-electron chi connectivity index (χ4n) is 0.698. The summed E-state index contributed by atoms with van der Waals surface area (Å²) in [4.78, 5) is 0. The van der Waals surface area contributed by atoms with Gasteiger partial charge >= 0.3 is 0 Å². The van der Waals surface area contributed by atoms with E-state index < -0.39 is 28.3 Å². The summed E-state index contributed by atoms with van der Waals surface area (Å²) < 4.78 is 13.9. The van der Waals surface area contributed by atoms with Gasteiger partial charge in [-0.3, -0.25) is 0 Å². The van der Waals surface area contributed by atoms with Gasteiger partial charge in [0.25, 0.3) is 0 Å². The molecule has 0 saturated carbocycles. The molecule has 3 N–H and O–H groups in total. The molecular weight excluding hydrogens is 202 g/mol. The van der Waals surface area contributed by atoms with Crippen molar-refractivity contribution in [2.45, 2.75) is 37.7 Å². The van der Waals surface area contributed by atoms with E-state index in [1.165, 1.54) is 6.08 Å². The van der Waals surface area contributed by atoms with E-state index in [-0.39, 0.29) is 6.61 Å². The van der Waals surface area contributed by atoms with Gasteiger partial charge in [0.1, 0.15) is 10.9 Å². The predicted molar refractivity (Wildman–Crippen MR) is 58.1 cm³/mol. The molecule has 0 heterocycles. The van der Waals surface area contributed by atoms with Crippen molar-refractivity contribution in [1.82, 2.24) is 4.72 Å². The summed E-state index contributed by atoms with van der Waals surface area (Å²) in [6.45, 7) is 8.58. The van der Waals surface area contributed by atoms with Gasteiger partial charge in [-0.15, -0.1) is 11.3 Å². The summed E-state index contributed by atoms with van der Waals surface area (Å²) in [5.41, 5.74) is 0. The number of hydrogen-bond acceptors (Lipinski definition) is 4. The second kappa shape index (κ2) is 5.72.